The SMILES string of the molecule is CN[C@@H]1[C@@H](O)[C@@H](O[C@@H]2[C@@H](O)[C@H](O[C@H]3O[C@H](CN=C(N)C(C)N)CC[C@H]3N)[C@@H](N)C[C@H]2NC(=O)[C@@H](O)[C@@H](N)[C@@H](N)CO)OC[C@]1(C)O. The average Bonchev–Trinajstić information content (AvgIpc) is 3.00. The van der Waals surface area contributed by atoms with Crippen LogP contribution in [-0.4, -0.2) is 161 Å². The van der Waals surface area contributed by atoms with Crippen molar-refractivity contribution in [3.63, 3.8) is 0 Å². The lowest BCUT2D eigenvalue weighted by Crippen LogP contribution is -2.70. The van der Waals surface area contributed by atoms with Gasteiger partial charge in [0.1, 0.15) is 42.0 Å². The highest BCUT2D eigenvalue weighted by Gasteiger charge is 2.52. The van der Waals surface area contributed by atoms with Gasteiger partial charge in [-0.1, -0.05) is 0 Å². The van der Waals surface area contributed by atoms with Gasteiger partial charge in [0.05, 0.1) is 56.1 Å². The van der Waals surface area contributed by atoms with Crippen molar-refractivity contribution in [3.05, 3.63) is 0 Å². The van der Waals surface area contributed by atoms with Crippen LogP contribution in [0.4, 0.5) is 0 Å². The van der Waals surface area contributed by atoms with Crippen LogP contribution < -0.4 is 45.0 Å². The van der Waals surface area contributed by atoms with Gasteiger partial charge in [0.2, 0.25) is 0 Å². The van der Waals surface area contributed by atoms with Crippen molar-refractivity contribution in [1.82, 2.24) is 10.6 Å². The van der Waals surface area contributed by atoms with Crippen molar-refractivity contribution in [2.75, 3.05) is 26.8 Å². The summed E-state index contributed by atoms with van der Waals surface area (Å²) in [5, 5.41) is 58.6. The Kier molecular flexibility index (Phi) is 14.0. The number of aliphatic hydroxyl groups excluding tert-OH is 4. The predicted octanol–water partition coefficient (Wildman–Crippen LogP) is -7.07. The van der Waals surface area contributed by atoms with Gasteiger partial charge in [-0.25, -0.2) is 0 Å². The number of carbonyl (C=O) groups excluding carboxylic acids is 1. The van der Waals surface area contributed by atoms with Crippen LogP contribution in [0, 0.1) is 0 Å². The van der Waals surface area contributed by atoms with E-state index in [0.717, 1.165) is 0 Å². The Labute approximate surface area is 268 Å². The second-order valence-electron chi connectivity index (χ2n) is 12.8. The molecule has 1 unspecified atom stereocenters. The molecule has 0 bridgehead atoms. The largest absolute Gasteiger partial charge is 0.395 e. The van der Waals surface area contributed by atoms with Gasteiger partial charge in [0.25, 0.3) is 5.91 Å². The Bertz CT molecular complexity index is 1010. The number of nitrogens with zero attached hydrogens (tertiary/aromatic N) is 1. The van der Waals surface area contributed by atoms with Crippen molar-refractivity contribution >= 4 is 11.7 Å². The van der Waals surface area contributed by atoms with Gasteiger partial charge in [0.15, 0.2) is 12.6 Å². The third-order valence-corrected chi connectivity index (χ3v) is 8.85. The van der Waals surface area contributed by atoms with Crippen molar-refractivity contribution in [3.8, 4) is 0 Å². The van der Waals surface area contributed by atoms with E-state index in [1.165, 1.54) is 6.92 Å². The molecule has 3 rings (SSSR count). The number of nitrogens with one attached hydrogen (secondary N) is 2. The van der Waals surface area contributed by atoms with Gasteiger partial charge >= 0.3 is 0 Å². The third-order valence-electron chi connectivity index (χ3n) is 8.85. The Morgan fingerprint density at radius 2 is 1.74 bits per heavy atom. The summed E-state index contributed by atoms with van der Waals surface area (Å²) in [7, 11) is 1.55. The zero-order valence-electron chi connectivity index (χ0n) is 26.6. The normalized spacial score (nSPS) is 41.8. The van der Waals surface area contributed by atoms with E-state index in [4.69, 9.17) is 53.3 Å². The van der Waals surface area contributed by atoms with Crippen LogP contribution in [0.5, 0.6) is 0 Å². The number of aliphatic hydroxyl groups is 5. The number of rotatable bonds is 13. The Balaban J connectivity index is 1.82. The van der Waals surface area contributed by atoms with Crippen LogP contribution in [0.3, 0.4) is 0 Å². The molecular formula is C27H55N9O10. The number of nitrogens with two attached hydrogens (primary N) is 6. The predicted molar refractivity (Wildman–Crippen MR) is 165 cm³/mol. The Morgan fingerprint density at radius 3 is 2.35 bits per heavy atom. The molecule has 0 spiro atoms. The van der Waals surface area contributed by atoms with Gasteiger partial charge in [-0.05, 0) is 40.2 Å². The minimum Gasteiger partial charge on any atom is -0.395 e. The summed E-state index contributed by atoms with van der Waals surface area (Å²) >= 11 is 0. The monoisotopic (exact) mass is 665 g/mol. The van der Waals surface area contributed by atoms with Crippen LogP contribution in [0.2, 0.25) is 0 Å². The molecule has 268 valence electrons. The van der Waals surface area contributed by atoms with E-state index in [1.54, 1.807) is 14.0 Å². The molecule has 1 aliphatic carbocycles. The van der Waals surface area contributed by atoms with Crippen LogP contribution >= 0.6 is 0 Å². The molecule has 19 nitrogen and oxygen atoms in total. The van der Waals surface area contributed by atoms with E-state index in [9.17, 15) is 30.3 Å². The fourth-order valence-corrected chi connectivity index (χ4v) is 5.90. The van der Waals surface area contributed by atoms with Gasteiger partial charge in [0, 0.05) is 12.1 Å². The number of aliphatic imine (C=N–C) groups is 1. The topological polar surface area (TPSA) is 348 Å². The lowest BCUT2D eigenvalue weighted by molar-refractivity contribution is -0.307. The maximum absolute atomic E-state index is 13.0. The fraction of sp³-hybridized carbons (Fsp3) is 0.926. The molecule has 1 amide bonds. The Morgan fingerprint density at radius 1 is 1.09 bits per heavy atom. The third kappa shape index (κ3) is 9.27. The molecule has 3 fully saturated rings. The van der Waals surface area contributed by atoms with Crippen molar-refractivity contribution < 1.29 is 49.3 Å². The molecule has 19 N–H and O–H groups in total. The summed E-state index contributed by atoms with van der Waals surface area (Å²) in [6.07, 6.45) is -8.95. The molecule has 0 aromatic rings. The number of hydrogen-bond acceptors (Lipinski definition) is 17. The van der Waals surface area contributed by atoms with Crippen molar-refractivity contribution in [1.29, 1.82) is 0 Å². The lowest BCUT2D eigenvalue weighted by Gasteiger charge is -2.49. The first-order valence-corrected chi connectivity index (χ1v) is 15.5. The van der Waals surface area contributed by atoms with E-state index in [0.29, 0.717) is 12.8 Å². The average molecular weight is 666 g/mol. The molecule has 2 aliphatic heterocycles. The van der Waals surface area contributed by atoms with Crippen molar-refractivity contribution in [2.24, 2.45) is 39.4 Å². The molecule has 0 aromatic carbocycles. The number of amidine groups is 1. The highest BCUT2D eigenvalue weighted by molar-refractivity contribution is 5.85. The number of hydrogen-bond donors (Lipinski definition) is 13. The van der Waals surface area contributed by atoms with E-state index < -0.39 is 110 Å². The second kappa shape index (κ2) is 16.6. The maximum Gasteiger partial charge on any atom is 0.250 e. The number of amides is 1. The summed E-state index contributed by atoms with van der Waals surface area (Å²) in [4.78, 5) is 17.3. The van der Waals surface area contributed by atoms with Crippen LogP contribution in [0.25, 0.3) is 0 Å². The second-order valence-corrected chi connectivity index (χ2v) is 12.8. The molecule has 16 atom stereocenters. The van der Waals surface area contributed by atoms with E-state index >= 15 is 0 Å². The van der Waals surface area contributed by atoms with E-state index in [-0.39, 0.29) is 25.4 Å². The first-order chi connectivity index (χ1) is 21.5. The zero-order chi connectivity index (χ0) is 34.5. The van der Waals surface area contributed by atoms with Gasteiger partial charge in [-0.3, -0.25) is 9.79 Å². The quantitative estimate of drug-likeness (QED) is 0.0641. The van der Waals surface area contributed by atoms with Crippen LogP contribution in [0.15, 0.2) is 4.99 Å². The molecular weight excluding hydrogens is 610 g/mol. The highest BCUT2D eigenvalue weighted by Crippen LogP contribution is 2.32. The molecule has 19 heteroatoms. The van der Waals surface area contributed by atoms with Gasteiger partial charge in [-0.15, -0.1) is 0 Å². The number of carbonyl (C=O) groups is 1. The smallest absolute Gasteiger partial charge is 0.250 e. The lowest BCUT2D eigenvalue weighted by atomic mass is 9.83. The summed E-state index contributed by atoms with van der Waals surface area (Å²) in [5.41, 5.74) is 34.5. The standard InChI is InChI=1S/C27H55N9O10/c1-10(28)23(33)35-7-11-4-5-12(29)25(44-11)45-20-13(30)6-15(36-24(41)17(38)16(32)14(31)8-37)21(18(20)39)46-26-19(40)22(34-3)27(2,42)9-43-26/h10-22,25-26,34,37-40,42H,4-9,28-32H2,1-3H3,(H2,33,35)(H,36,41)/t10?,11-,12+,13-,14-,15+,16-,17-,18-,19+,20+,21-,22+,25+,26+,27-/m0/s1. The summed E-state index contributed by atoms with van der Waals surface area (Å²) in [5.74, 6) is -0.686. The molecule has 1 saturated carbocycles. The molecule has 2 saturated heterocycles. The van der Waals surface area contributed by atoms with Crippen LogP contribution in [0.1, 0.15) is 33.1 Å². The first-order valence-electron chi connectivity index (χ1n) is 15.5. The molecule has 3 aliphatic rings. The summed E-state index contributed by atoms with van der Waals surface area (Å²) < 4.78 is 24.0. The van der Waals surface area contributed by atoms with Gasteiger partial charge < -0.3 is 89.5 Å². The number of ether oxygens (including phenoxy) is 4. The summed E-state index contributed by atoms with van der Waals surface area (Å²) in [6.45, 7) is 2.60. The maximum atomic E-state index is 13.0. The molecule has 0 radical (unpaired) electrons. The van der Waals surface area contributed by atoms with E-state index in [1.807, 2.05) is 0 Å². The number of likely N-dealkylation sites (N-methyl/N-ethyl adjacent to an activating group) is 1. The molecule has 46 heavy (non-hydrogen) atoms. The minimum atomic E-state index is -1.82. The van der Waals surface area contributed by atoms with Crippen molar-refractivity contribution in [2.45, 2.75) is 130 Å². The van der Waals surface area contributed by atoms with Crippen LogP contribution in [-0.2, 0) is 23.7 Å². The zero-order valence-corrected chi connectivity index (χ0v) is 26.6. The molecule has 0 aromatic heterocycles. The summed E-state index contributed by atoms with van der Waals surface area (Å²) in [6, 6.07) is -6.24. The fourth-order valence-electron chi connectivity index (χ4n) is 5.90. The first kappa shape index (κ1) is 38.8. The Hall–Kier alpha value is -1.66. The minimum absolute atomic E-state index is 0.0390. The van der Waals surface area contributed by atoms with Gasteiger partial charge in [-0.2, -0.15) is 0 Å². The highest BCUT2D eigenvalue weighted by atomic mass is 16.7. The molecule has 2 heterocycles. The van der Waals surface area contributed by atoms with E-state index in [2.05, 4.69) is 15.6 Å².